The van der Waals surface area contributed by atoms with Crippen molar-refractivity contribution in [3.63, 3.8) is 0 Å². The molecule has 4 aromatic rings. The van der Waals surface area contributed by atoms with Crippen molar-refractivity contribution in [3.8, 4) is 11.3 Å². The van der Waals surface area contributed by atoms with Gasteiger partial charge in [-0.3, -0.25) is 0 Å². The first kappa shape index (κ1) is 16.0. The Hall–Kier alpha value is -3.18. The average molecular weight is 356 g/mol. The minimum Gasteiger partial charge on any atom is -0.460 e. The third kappa shape index (κ3) is 2.86. The summed E-state index contributed by atoms with van der Waals surface area (Å²) in [6.45, 7) is 1.84. The molecule has 0 aliphatic carbocycles. The third-order valence-corrected chi connectivity index (χ3v) is 5.22. The summed E-state index contributed by atoms with van der Waals surface area (Å²) in [4.78, 5) is 2.33. The van der Waals surface area contributed by atoms with Crippen LogP contribution in [0.1, 0.15) is 22.8 Å². The topological polar surface area (TPSA) is 68.2 Å². The van der Waals surface area contributed by atoms with E-state index in [1.165, 1.54) is 11.1 Å². The van der Waals surface area contributed by atoms with Gasteiger partial charge in [-0.05, 0) is 48.5 Å². The fourth-order valence-electron chi connectivity index (χ4n) is 3.92. The van der Waals surface area contributed by atoms with Crippen LogP contribution in [0.15, 0.2) is 65.1 Å². The predicted octanol–water partition coefficient (Wildman–Crippen LogP) is 4.05. The van der Waals surface area contributed by atoms with Gasteiger partial charge in [0.15, 0.2) is 0 Å². The van der Waals surface area contributed by atoms with Gasteiger partial charge in [-0.15, -0.1) is 10.2 Å². The molecule has 0 radical (unpaired) electrons. The zero-order chi connectivity index (χ0) is 18.4. The second-order valence-electron chi connectivity index (χ2n) is 7.19. The number of anilines is 1. The highest BCUT2D eigenvalue weighted by molar-refractivity contribution is 5.78. The summed E-state index contributed by atoms with van der Waals surface area (Å²) in [7, 11) is 2.15. The molecule has 0 spiro atoms. The van der Waals surface area contributed by atoms with E-state index < -0.39 is 0 Å². The SMILES string of the molecule is CN1Cc2cc(-c3ccc(N)nn3)ccc2C(c2cc3ccccc3o2)C1. The van der Waals surface area contributed by atoms with Crippen molar-refractivity contribution in [1.29, 1.82) is 0 Å². The second kappa shape index (κ2) is 6.21. The fraction of sp³-hybridized carbons (Fsp3) is 0.182. The van der Waals surface area contributed by atoms with Crippen LogP contribution < -0.4 is 5.73 Å². The van der Waals surface area contributed by atoms with Gasteiger partial charge in [0.2, 0.25) is 0 Å². The summed E-state index contributed by atoms with van der Waals surface area (Å²) < 4.78 is 6.18. The molecule has 5 rings (SSSR count). The summed E-state index contributed by atoms with van der Waals surface area (Å²) in [6.07, 6.45) is 0. The van der Waals surface area contributed by atoms with Crippen LogP contribution in [0.3, 0.4) is 0 Å². The Morgan fingerprint density at radius 3 is 2.74 bits per heavy atom. The second-order valence-corrected chi connectivity index (χ2v) is 7.19. The first-order valence-electron chi connectivity index (χ1n) is 9.07. The number of furan rings is 1. The summed E-state index contributed by atoms with van der Waals surface area (Å²) in [6, 6.07) is 20.6. The number of fused-ring (bicyclic) bond motifs is 2. The molecule has 2 N–H and O–H groups in total. The highest BCUT2D eigenvalue weighted by Crippen LogP contribution is 2.37. The Balaban J connectivity index is 1.57. The Bertz CT molecular complexity index is 1080. The summed E-state index contributed by atoms with van der Waals surface area (Å²) in [5.74, 6) is 1.67. The van der Waals surface area contributed by atoms with Gasteiger partial charge >= 0.3 is 0 Å². The smallest absolute Gasteiger partial charge is 0.146 e. The molecule has 2 aromatic heterocycles. The zero-order valence-corrected chi connectivity index (χ0v) is 15.1. The molecular weight excluding hydrogens is 336 g/mol. The molecule has 3 heterocycles. The Morgan fingerprint density at radius 1 is 1.04 bits per heavy atom. The Morgan fingerprint density at radius 2 is 1.93 bits per heavy atom. The molecule has 0 amide bonds. The van der Waals surface area contributed by atoms with E-state index in [0.29, 0.717) is 5.82 Å². The molecule has 1 aliphatic heterocycles. The van der Waals surface area contributed by atoms with Crippen LogP contribution in [0.25, 0.3) is 22.2 Å². The molecule has 1 atom stereocenters. The van der Waals surface area contributed by atoms with Gasteiger partial charge in [0, 0.05) is 24.0 Å². The number of nitrogens with two attached hydrogens (primary N) is 1. The van der Waals surface area contributed by atoms with E-state index in [-0.39, 0.29) is 5.92 Å². The lowest BCUT2D eigenvalue weighted by molar-refractivity contribution is 0.282. The summed E-state index contributed by atoms with van der Waals surface area (Å²) in [5.41, 5.74) is 11.1. The number of hydrogen-bond donors (Lipinski definition) is 1. The molecular formula is C22H20N4O. The van der Waals surface area contributed by atoms with Crippen LogP contribution in [0.4, 0.5) is 5.82 Å². The monoisotopic (exact) mass is 356 g/mol. The van der Waals surface area contributed by atoms with Crippen LogP contribution in [-0.2, 0) is 6.54 Å². The van der Waals surface area contributed by atoms with Crippen molar-refractivity contribution in [2.24, 2.45) is 0 Å². The maximum absolute atomic E-state index is 6.18. The van der Waals surface area contributed by atoms with Crippen LogP contribution >= 0.6 is 0 Å². The number of aromatic nitrogens is 2. The number of nitrogen functional groups attached to an aromatic ring is 1. The molecule has 0 fully saturated rings. The highest BCUT2D eigenvalue weighted by atomic mass is 16.3. The lowest BCUT2D eigenvalue weighted by Crippen LogP contribution is -2.30. The van der Waals surface area contributed by atoms with Crippen molar-refractivity contribution in [2.45, 2.75) is 12.5 Å². The standard InChI is InChI=1S/C22H20N4O/c1-26-12-16-10-14(19-8-9-22(23)25-24-19)6-7-17(16)18(13-26)21-11-15-4-2-3-5-20(15)27-21/h2-11,18H,12-13H2,1H3,(H2,23,25). The van der Waals surface area contributed by atoms with Crippen molar-refractivity contribution >= 4 is 16.8 Å². The molecule has 0 saturated carbocycles. The maximum atomic E-state index is 6.18. The van der Waals surface area contributed by atoms with E-state index in [0.717, 1.165) is 41.1 Å². The van der Waals surface area contributed by atoms with E-state index >= 15 is 0 Å². The van der Waals surface area contributed by atoms with Crippen molar-refractivity contribution in [3.05, 3.63) is 77.6 Å². The van der Waals surface area contributed by atoms with E-state index in [9.17, 15) is 0 Å². The minimum atomic E-state index is 0.220. The van der Waals surface area contributed by atoms with Gasteiger partial charge in [-0.1, -0.05) is 30.3 Å². The normalized spacial score (nSPS) is 17.1. The lowest BCUT2D eigenvalue weighted by Gasteiger charge is -2.31. The molecule has 5 nitrogen and oxygen atoms in total. The molecule has 27 heavy (non-hydrogen) atoms. The van der Waals surface area contributed by atoms with E-state index in [2.05, 4.69) is 52.5 Å². The molecule has 0 bridgehead atoms. The summed E-state index contributed by atoms with van der Waals surface area (Å²) >= 11 is 0. The van der Waals surface area contributed by atoms with Crippen molar-refractivity contribution in [1.82, 2.24) is 15.1 Å². The number of nitrogens with zero attached hydrogens (tertiary/aromatic N) is 3. The molecule has 134 valence electrons. The van der Waals surface area contributed by atoms with Crippen LogP contribution in [-0.4, -0.2) is 28.7 Å². The number of hydrogen-bond acceptors (Lipinski definition) is 5. The Labute approximate surface area is 157 Å². The number of para-hydroxylation sites is 1. The highest BCUT2D eigenvalue weighted by Gasteiger charge is 2.27. The average Bonchev–Trinajstić information content (AvgIpc) is 3.11. The summed E-state index contributed by atoms with van der Waals surface area (Å²) in [5, 5.41) is 9.34. The first-order chi connectivity index (χ1) is 13.2. The van der Waals surface area contributed by atoms with E-state index in [4.69, 9.17) is 10.2 Å². The third-order valence-electron chi connectivity index (χ3n) is 5.22. The number of rotatable bonds is 2. The molecule has 2 aromatic carbocycles. The lowest BCUT2D eigenvalue weighted by atomic mass is 9.86. The van der Waals surface area contributed by atoms with Gasteiger partial charge in [-0.25, -0.2) is 0 Å². The number of likely N-dealkylation sites (N-methyl/N-ethyl adjacent to an activating group) is 1. The van der Waals surface area contributed by atoms with Crippen LogP contribution in [0.5, 0.6) is 0 Å². The first-order valence-corrected chi connectivity index (χ1v) is 9.07. The molecule has 1 unspecified atom stereocenters. The minimum absolute atomic E-state index is 0.220. The zero-order valence-electron chi connectivity index (χ0n) is 15.1. The number of benzene rings is 2. The molecule has 1 aliphatic rings. The maximum Gasteiger partial charge on any atom is 0.146 e. The van der Waals surface area contributed by atoms with Gasteiger partial charge in [-0.2, -0.15) is 0 Å². The van der Waals surface area contributed by atoms with E-state index in [1.54, 1.807) is 6.07 Å². The molecule has 0 saturated heterocycles. The van der Waals surface area contributed by atoms with Gasteiger partial charge in [0.05, 0.1) is 11.6 Å². The fourth-order valence-corrected chi connectivity index (χ4v) is 3.92. The largest absolute Gasteiger partial charge is 0.460 e. The quantitative estimate of drug-likeness (QED) is 0.587. The van der Waals surface area contributed by atoms with E-state index in [1.807, 2.05) is 24.3 Å². The van der Waals surface area contributed by atoms with Gasteiger partial charge in [0.1, 0.15) is 17.2 Å². The van der Waals surface area contributed by atoms with Gasteiger partial charge in [0.25, 0.3) is 0 Å². The van der Waals surface area contributed by atoms with Crippen LogP contribution in [0.2, 0.25) is 0 Å². The van der Waals surface area contributed by atoms with Crippen molar-refractivity contribution in [2.75, 3.05) is 19.3 Å². The Kier molecular flexibility index (Phi) is 3.69. The van der Waals surface area contributed by atoms with Crippen molar-refractivity contribution < 1.29 is 4.42 Å². The predicted molar refractivity (Wildman–Crippen MR) is 106 cm³/mol. The van der Waals surface area contributed by atoms with Gasteiger partial charge < -0.3 is 15.1 Å². The molecule has 5 heteroatoms. The van der Waals surface area contributed by atoms with Crippen LogP contribution in [0, 0.1) is 0 Å².